The summed E-state index contributed by atoms with van der Waals surface area (Å²) in [5.74, 6) is 1.25. The van der Waals surface area contributed by atoms with Crippen molar-refractivity contribution in [2.45, 2.75) is 19.8 Å². The van der Waals surface area contributed by atoms with Gasteiger partial charge < -0.3 is 20.5 Å². The van der Waals surface area contributed by atoms with Crippen molar-refractivity contribution < 1.29 is 14.3 Å². The van der Waals surface area contributed by atoms with Crippen LogP contribution in [0.2, 0.25) is 0 Å². The van der Waals surface area contributed by atoms with Crippen LogP contribution in [0.3, 0.4) is 0 Å². The summed E-state index contributed by atoms with van der Waals surface area (Å²) in [6.45, 7) is 2.42. The van der Waals surface area contributed by atoms with Gasteiger partial charge in [-0.25, -0.2) is 0 Å². The molecule has 0 unspecified atom stereocenters. The van der Waals surface area contributed by atoms with Crippen LogP contribution in [0.25, 0.3) is 0 Å². The first kappa shape index (κ1) is 14.3. The number of nitrogens with two attached hydrogens (primary N) is 1. The summed E-state index contributed by atoms with van der Waals surface area (Å²) in [5.41, 5.74) is 6.93. The highest BCUT2D eigenvalue weighted by Crippen LogP contribution is 2.32. The number of rotatable bonds is 6. The van der Waals surface area contributed by atoms with Gasteiger partial charge in [0.2, 0.25) is 5.91 Å². The first-order valence-corrected chi connectivity index (χ1v) is 5.85. The van der Waals surface area contributed by atoms with Gasteiger partial charge in [0.25, 0.3) is 0 Å². The van der Waals surface area contributed by atoms with Gasteiger partial charge in [-0.15, -0.1) is 0 Å². The number of benzene rings is 1. The maximum atomic E-state index is 11.7. The van der Waals surface area contributed by atoms with Gasteiger partial charge in [-0.05, 0) is 31.5 Å². The molecule has 0 aromatic heterocycles. The van der Waals surface area contributed by atoms with Gasteiger partial charge in [0.15, 0.2) is 0 Å². The van der Waals surface area contributed by atoms with Crippen LogP contribution >= 0.6 is 0 Å². The number of carbonyl (C=O) groups is 1. The van der Waals surface area contributed by atoms with Gasteiger partial charge in [-0.2, -0.15) is 0 Å². The van der Waals surface area contributed by atoms with Crippen molar-refractivity contribution in [3.63, 3.8) is 0 Å². The minimum absolute atomic E-state index is 0.0790. The zero-order valence-corrected chi connectivity index (χ0v) is 11.1. The Labute approximate surface area is 107 Å². The Balaban J connectivity index is 2.89. The van der Waals surface area contributed by atoms with Crippen LogP contribution in [0.5, 0.6) is 11.5 Å². The molecule has 0 aliphatic carbocycles. The largest absolute Gasteiger partial charge is 0.496 e. The average Bonchev–Trinajstić information content (AvgIpc) is 2.37. The lowest BCUT2D eigenvalue weighted by Crippen LogP contribution is -2.14. The number of amides is 1. The Kier molecular flexibility index (Phi) is 5.45. The van der Waals surface area contributed by atoms with E-state index >= 15 is 0 Å². The molecule has 0 fully saturated rings. The average molecular weight is 252 g/mol. The summed E-state index contributed by atoms with van der Waals surface area (Å²) in [6, 6.07) is 3.59. The molecule has 1 aromatic rings. The van der Waals surface area contributed by atoms with Crippen molar-refractivity contribution in [3.8, 4) is 11.5 Å². The van der Waals surface area contributed by atoms with Crippen molar-refractivity contribution >= 4 is 11.6 Å². The zero-order chi connectivity index (χ0) is 13.5. The summed E-state index contributed by atoms with van der Waals surface area (Å²) in [5, 5.41) is 2.80. The summed E-state index contributed by atoms with van der Waals surface area (Å²) in [4.78, 5) is 11.7. The Bertz CT molecular complexity index is 419. The van der Waals surface area contributed by atoms with Crippen molar-refractivity contribution in [1.82, 2.24) is 0 Å². The molecule has 0 aliphatic rings. The Hall–Kier alpha value is -1.75. The van der Waals surface area contributed by atoms with Crippen molar-refractivity contribution in [2.24, 2.45) is 5.73 Å². The first-order valence-electron chi connectivity index (χ1n) is 5.85. The number of hydrogen-bond donors (Lipinski definition) is 2. The van der Waals surface area contributed by atoms with E-state index in [-0.39, 0.29) is 5.91 Å². The van der Waals surface area contributed by atoms with E-state index in [1.165, 1.54) is 0 Å². The van der Waals surface area contributed by atoms with E-state index in [0.29, 0.717) is 36.6 Å². The number of nitrogens with one attached hydrogen (secondary N) is 1. The number of methoxy groups -OCH3 is 2. The summed E-state index contributed by atoms with van der Waals surface area (Å²) in [6.07, 6.45) is 1.06. The number of carbonyl (C=O) groups excluding carboxylic acids is 1. The van der Waals surface area contributed by atoms with E-state index < -0.39 is 0 Å². The Morgan fingerprint density at radius 2 is 1.94 bits per heavy atom. The number of hydrogen-bond acceptors (Lipinski definition) is 4. The molecular formula is C13H20N2O3. The van der Waals surface area contributed by atoms with Crippen molar-refractivity contribution in [3.05, 3.63) is 17.7 Å². The van der Waals surface area contributed by atoms with Crippen molar-refractivity contribution in [1.29, 1.82) is 0 Å². The number of ether oxygens (including phenoxy) is 2. The van der Waals surface area contributed by atoms with Crippen LogP contribution in [-0.2, 0) is 4.79 Å². The molecule has 0 radical (unpaired) electrons. The molecule has 0 atom stereocenters. The van der Waals surface area contributed by atoms with Crippen LogP contribution in [0.15, 0.2) is 12.1 Å². The molecule has 1 aromatic carbocycles. The van der Waals surface area contributed by atoms with Crippen molar-refractivity contribution in [2.75, 3.05) is 26.1 Å². The first-order chi connectivity index (χ1) is 8.62. The number of anilines is 1. The molecule has 0 saturated carbocycles. The van der Waals surface area contributed by atoms with E-state index in [1.807, 2.05) is 13.0 Å². The van der Waals surface area contributed by atoms with Crippen LogP contribution < -0.4 is 20.5 Å². The fourth-order valence-electron chi connectivity index (χ4n) is 1.62. The van der Waals surface area contributed by atoms with Crippen LogP contribution in [0, 0.1) is 6.92 Å². The molecular weight excluding hydrogens is 232 g/mol. The third-order valence-corrected chi connectivity index (χ3v) is 2.60. The predicted octanol–water partition coefficient (Wildman–Crippen LogP) is 1.69. The molecule has 1 amide bonds. The molecule has 0 bridgehead atoms. The quantitative estimate of drug-likeness (QED) is 0.808. The molecule has 0 saturated heterocycles. The normalized spacial score (nSPS) is 10.0. The second-order valence-electron chi connectivity index (χ2n) is 3.96. The molecule has 5 nitrogen and oxygen atoms in total. The minimum Gasteiger partial charge on any atom is -0.496 e. The van der Waals surface area contributed by atoms with E-state index in [0.717, 1.165) is 5.56 Å². The van der Waals surface area contributed by atoms with Gasteiger partial charge in [0.05, 0.1) is 19.9 Å². The number of aryl methyl sites for hydroxylation is 1. The fraction of sp³-hybridized carbons (Fsp3) is 0.462. The van der Waals surface area contributed by atoms with E-state index in [2.05, 4.69) is 5.32 Å². The predicted molar refractivity (Wildman–Crippen MR) is 71.2 cm³/mol. The van der Waals surface area contributed by atoms with Gasteiger partial charge >= 0.3 is 0 Å². The molecule has 5 heteroatoms. The lowest BCUT2D eigenvalue weighted by molar-refractivity contribution is -0.116. The molecule has 3 N–H and O–H groups in total. The van der Waals surface area contributed by atoms with E-state index in [4.69, 9.17) is 15.2 Å². The third kappa shape index (κ3) is 3.63. The molecule has 1 rings (SSSR count). The highest BCUT2D eigenvalue weighted by molar-refractivity contribution is 5.92. The maximum Gasteiger partial charge on any atom is 0.224 e. The summed E-state index contributed by atoms with van der Waals surface area (Å²) >= 11 is 0. The fourth-order valence-corrected chi connectivity index (χ4v) is 1.62. The third-order valence-electron chi connectivity index (χ3n) is 2.60. The lowest BCUT2D eigenvalue weighted by Gasteiger charge is -2.13. The molecule has 18 heavy (non-hydrogen) atoms. The van der Waals surface area contributed by atoms with Crippen LogP contribution in [-0.4, -0.2) is 26.7 Å². The smallest absolute Gasteiger partial charge is 0.224 e. The Morgan fingerprint density at radius 1 is 1.28 bits per heavy atom. The lowest BCUT2D eigenvalue weighted by atomic mass is 10.1. The Morgan fingerprint density at radius 3 is 2.50 bits per heavy atom. The minimum atomic E-state index is -0.0790. The molecule has 0 aliphatic heterocycles. The monoisotopic (exact) mass is 252 g/mol. The summed E-state index contributed by atoms with van der Waals surface area (Å²) in [7, 11) is 3.16. The van der Waals surface area contributed by atoms with Gasteiger partial charge in [-0.3, -0.25) is 4.79 Å². The second-order valence-corrected chi connectivity index (χ2v) is 3.96. The van der Waals surface area contributed by atoms with E-state index in [9.17, 15) is 4.79 Å². The van der Waals surface area contributed by atoms with Crippen LogP contribution in [0.4, 0.5) is 5.69 Å². The van der Waals surface area contributed by atoms with Gasteiger partial charge in [0.1, 0.15) is 11.5 Å². The molecule has 100 valence electrons. The highest BCUT2D eigenvalue weighted by atomic mass is 16.5. The van der Waals surface area contributed by atoms with Gasteiger partial charge in [0, 0.05) is 12.5 Å². The molecule has 0 spiro atoms. The topological polar surface area (TPSA) is 73.6 Å². The molecule has 0 heterocycles. The maximum absolute atomic E-state index is 11.7. The standard InChI is InChI=1S/C13H20N2O3/c1-9-7-12(18-3)10(8-11(9)17-2)15-13(16)5-4-6-14/h7-8H,4-6,14H2,1-3H3,(H,15,16). The zero-order valence-electron chi connectivity index (χ0n) is 11.1. The summed E-state index contributed by atoms with van der Waals surface area (Å²) < 4.78 is 10.5. The SMILES string of the molecule is COc1cc(NC(=O)CCCN)c(OC)cc1C. The van der Waals surface area contributed by atoms with Crippen LogP contribution in [0.1, 0.15) is 18.4 Å². The van der Waals surface area contributed by atoms with Gasteiger partial charge in [-0.1, -0.05) is 0 Å². The second kappa shape index (κ2) is 6.86. The van der Waals surface area contributed by atoms with E-state index in [1.54, 1.807) is 20.3 Å². The highest BCUT2D eigenvalue weighted by Gasteiger charge is 2.11.